The van der Waals surface area contributed by atoms with Crippen LogP contribution in [0.1, 0.15) is 6.92 Å². The van der Waals surface area contributed by atoms with E-state index in [1.807, 2.05) is 0 Å². The summed E-state index contributed by atoms with van der Waals surface area (Å²) in [4.78, 5) is 21.2. The van der Waals surface area contributed by atoms with E-state index in [0.29, 0.717) is 0 Å². The molecule has 0 aromatic heterocycles. The summed E-state index contributed by atoms with van der Waals surface area (Å²) in [5, 5.41) is 28.5. The number of aliphatic hydroxyl groups is 2. The van der Waals surface area contributed by atoms with Crippen molar-refractivity contribution in [1.29, 1.82) is 0 Å². The van der Waals surface area contributed by atoms with E-state index in [9.17, 15) is 23.3 Å². The molecule has 0 atom stereocenters. The van der Waals surface area contributed by atoms with Crippen molar-refractivity contribution >= 4 is 21.6 Å². The van der Waals surface area contributed by atoms with Gasteiger partial charge in [0.25, 0.3) is 15.7 Å². The van der Waals surface area contributed by atoms with E-state index >= 15 is 0 Å². The summed E-state index contributed by atoms with van der Waals surface area (Å²) in [5.41, 5.74) is -1.95. The third-order valence-electron chi connectivity index (χ3n) is 2.83. The molecule has 0 aliphatic rings. The summed E-state index contributed by atoms with van der Waals surface area (Å²) in [7, 11) is -4.25. The minimum absolute atomic E-state index is 0.296. The Kier molecular flexibility index (Phi) is 4.99. The molecule has 0 saturated carbocycles. The van der Waals surface area contributed by atoms with Crippen LogP contribution in [-0.4, -0.2) is 42.7 Å². The topological polar surface area (TPSA) is 147 Å². The summed E-state index contributed by atoms with van der Waals surface area (Å²) in [5.74, 6) is -1.08. The van der Waals surface area contributed by atoms with Crippen LogP contribution in [0.15, 0.2) is 29.2 Å². The van der Waals surface area contributed by atoms with E-state index in [1.54, 1.807) is 4.72 Å². The molecule has 0 bridgehead atoms. The highest BCUT2D eigenvalue weighted by atomic mass is 32.2. The highest BCUT2D eigenvalue weighted by Crippen LogP contribution is 2.18. The molecule has 0 heterocycles. The Morgan fingerprint density at radius 1 is 1.29 bits per heavy atom. The number of rotatable bonds is 6. The van der Waals surface area contributed by atoms with Crippen molar-refractivity contribution in [2.75, 3.05) is 13.2 Å². The van der Waals surface area contributed by atoms with Gasteiger partial charge in [0.05, 0.1) is 28.4 Å². The zero-order valence-electron chi connectivity index (χ0n) is 11.0. The van der Waals surface area contributed by atoms with E-state index in [2.05, 4.69) is 0 Å². The van der Waals surface area contributed by atoms with Crippen LogP contribution in [0.3, 0.4) is 0 Å². The lowest BCUT2D eigenvalue weighted by atomic mass is 9.92. The molecule has 1 aromatic rings. The van der Waals surface area contributed by atoms with Gasteiger partial charge in [0.1, 0.15) is 0 Å². The van der Waals surface area contributed by atoms with Crippen LogP contribution < -0.4 is 4.72 Å². The van der Waals surface area contributed by atoms with Crippen LogP contribution in [0.25, 0.3) is 0 Å². The fourth-order valence-electron chi connectivity index (χ4n) is 1.24. The van der Waals surface area contributed by atoms with E-state index < -0.39 is 39.5 Å². The fraction of sp³-hybridized carbons (Fsp3) is 0.364. The Morgan fingerprint density at radius 3 is 2.14 bits per heavy atom. The normalized spacial score (nSPS) is 12.0. The van der Waals surface area contributed by atoms with Gasteiger partial charge in [-0.25, -0.2) is 13.1 Å². The minimum Gasteiger partial charge on any atom is -0.395 e. The maximum absolute atomic E-state index is 11.9. The van der Waals surface area contributed by atoms with Crippen LogP contribution >= 0.6 is 0 Å². The van der Waals surface area contributed by atoms with E-state index in [-0.39, 0.29) is 10.6 Å². The first-order chi connectivity index (χ1) is 9.66. The van der Waals surface area contributed by atoms with Gasteiger partial charge in [0, 0.05) is 12.1 Å². The van der Waals surface area contributed by atoms with Crippen LogP contribution in [0.5, 0.6) is 0 Å². The SMILES string of the molecule is CC(CO)(CO)C(=O)NS(=O)(=O)c1ccc([N+](=O)[O-])cc1. The van der Waals surface area contributed by atoms with Gasteiger partial charge in [-0.1, -0.05) is 0 Å². The van der Waals surface area contributed by atoms with E-state index in [1.165, 1.54) is 6.92 Å². The summed E-state index contributed by atoms with van der Waals surface area (Å²) >= 11 is 0. The summed E-state index contributed by atoms with van der Waals surface area (Å²) in [6, 6.07) is 3.92. The predicted molar refractivity (Wildman–Crippen MR) is 70.7 cm³/mol. The van der Waals surface area contributed by atoms with E-state index in [4.69, 9.17) is 10.2 Å². The monoisotopic (exact) mass is 318 g/mol. The van der Waals surface area contributed by atoms with Gasteiger partial charge in [-0.2, -0.15) is 0 Å². The first kappa shape index (κ1) is 17.0. The summed E-state index contributed by atoms with van der Waals surface area (Å²) in [6.07, 6.45) is 0. The van der Waals surface area contributed by atoms with Crippen LogP contribution in [-0.2, 0) is 14.8 Å². The maximum Gasteiger partial charge on any atom is 0.269 e. The van der Waals surface area contributed by atoms with Crippen molar-refractivity contribution in [3.05, 3.63) is 34.4 Å². The van der Waals surface area contributed by atoms with Crippen molar-refractivity contribution < 1.29 is 28.3 Å². The zero-order chi connectivity index (χ0) is 16.3. The number of nitrogens with zero attached hydrogens (tertiary/aromatic N) is 1. The molecule has 0 saturated heterocycles. The number of sulfonamides is 1. The second kappa shape index (κ2) is 6.16. The molecule has 1 aromatic carbocycles. The number of hydrogen-bond donors (Lipinski definition) is 3. The zero-order valence-corrected chi connectivity index (χ0v) is 11.8. The second-order valence-corrected chi connectivity index (χ2v) is 6.24. The largest absolute Gasteiger partial charge is 0.395 e. The number of amides is 1. The number of carbonyl (C=O) groups is 1. The van der Waals surface area contributed by atoms with Crippen molar-refractivity contribution in [3.63, 3.8) is 0 Å². The maximum atomic E-state index is 11.9. The standard InChI is InChI=1S/C11H14N2O7S/c1-11(6-14,7-15)10(16)12-21(19,20)9-4-2-8(3-5-9)13(17)18/h2-5,14-15H,6-7H2,1H3,(H,12,16). The Labute approximate surface area is 120 Å². The number of non-ortho nitro benzene ring substituents is 1. The number of carbonyl (C=O) groups excluding carboxylic acids is 1. The first-order valence-electron chi connectivity index (χ1n) is 5.70. The fourth-order valence-corrected chi connectivity index (χ4v) is 2.35. The molecular weight excluding hydrogens is 304 g/mol. The molecule has 0 aliphatic carbocycles. The highest BCUT2D eigenvalue weighted by Gasteiger charge is 2.35. The van der Waals surface area contributed by atoms with Crippen LogP contribution in [0.2, 0.25) is 0 Å². The molecule has 0 spiro atoms. The van der Waals surface area contributed by atoms with Crippen molar-refractivity contribution in [3.8, 4) is 0 Å². The molecule has 0 radical (unpaired) electrons. The molecule has 9 nitrogen and oxygen atoms in total. The number of benzene rings is 1. The third-order valence-corrected chi connectivity index (χ3v) is 4.18. The minimum atomic E-state index is -4.25. The predicted octanol–water partition coefficient (Wildman–Crippen LogP) is -0.609. The first-order valence-corrected chi connectivity index (χ1v) is 7.18. The van der Waals surface area contributed by atoms with Crippen LogP contribution in [0, 0.1) is 15.5 Å². The summed E-state index contributed by atoms with van der Waals surface area (Å²) < 4.78 is 25.6. The Morgan fingerprint density at radius 2 is 1.76 bits per heavy atom. The molecule has 1 amide bonds. The number of nitro benzene ring substituents is 1. The van der Waals surface area contributed by atoms with Gasteiger partial charge in [-0.15, -0.1) is 0 Å². The molecule has 0 unspecified atom stereocenters. The molecule has 1 rings (SSSR count). The lowest BCUT2D eigenvalue weighted by Crippen LogP contribution is -2.46. The lowest BCUT2D eigenvalue weighted by Gasteiger charge is -2.22. The Balaban J connectivity index is 3.02. The van der Waals surface area contributed by atoms with Gasteiger partial charge in [0.15, 0.2) is 0 Å². The number of hydrogen-bond acceptors (Lipinski definition) is 7. The smallest absolute Gasteiger partial charge is 0.269 e. The molecule has 10 heteroatoms. The van der Waals surface area contributed by atoms with Crippen molar-refractivity contribution in [2.24, 2.45) is 5.41 Å². The van der Waals surface area contributed by atoms with Crippen molar-refractivity contribution in [1.82, 2.24) is 4.72 Å². The molecule has 3 N–H and O–H groups in total. The summed E-state index contributed by atoms with van der Waals surface area (Å²) in [6.45, 7) is -0.302. The van der Waals surface area contributed by atoms with Gasteiger partial charge >= 0.3 is 0 Å². The third kappa shape index (κ3) is 3.74. The van der Waals surface area contributed by atoms with E-state index in [0.717, 1.165) is 24.3 Å². The van der Waals surface area contributed by atoms with Crippen LogP contribution in [0.4, 0.5) is 5.69 Å². The second-order valence-electron chi connectivity index (χ2n) is 4.56. The number of aliphatic hydroxyl groups excluding tert-OH is 2. The highest BCUT2D eigenvalue weighted by molar-refractivity contribution is 7.90. The Bertz CT molecular complexity index is 635. The molecular formula is C11H14N2O7S. The Hall–Kier alpha value is -2.04. The molecule has 0 fully saturated rings. The molecule has 0 aliphatic heterocycles. The number of nitro groups is 1. The number of nitrogens with one attached hydrogen (secondary N) is 1. The average molecular weight is 318 g/mol. The van der Waals surface area contributed by atoms with Gasteiger partial charge in [-0.05, 0) is 19.1 Å². The molecule has 21 heavy (non-hydrogen) atoms. The quantitative estimate of drug-likeness (QED) is 0.468. The molecule has 116 valence electrons. The lowest BCUT2D eigenvalue weighted by molar-refractivity contribution is -0.384. The van der Waals surface area contributed by atoms with Gasteiger partial charge in [0.2, 0.25) is 5.91 Å². The van der Waals surface area contributed by atoms with Crippen molar-refractivity contribution in [2.45, 2.75) is 11.8 Å². The van der Waals surface area contributed by atoms with Gasteiger partial charge < -0.3 is 10.2 Å². The van der Waals surface area contributed by atoms with Gasteiger partial charge in [-0.3, -0.25) is 14.9 Å². The average Bonchev–Trinajstić information content (AvgIpc) is 2.45.